The summed E-state index contributed by atoms with van der Waals surface area (Å²) in [6, 6.07) is 15.5. The van der Waals surface area contributed by atoms with Crippen LogP contribution in [-0.4, -0.2) is 14.2 Å². The van der Waals surface area contributed by atoms with Crippen LogP contribution < -0.4 is 10.1 Å². The molecule has 0 aliphatic carbocycles. The van der Waals surface area contributed by atoms with Crippen molar-refractivity contribution in [2.24, 2.45) is 0 Å². The molecule has 108 valence electrons. The van der Waals surface area contributed by atoms with E-state index >= 15 is 0 Å². The standard InChI is InChI=1S/C17H16ClNO2/c1-19-16(12-7-3-4-9-14(12)20-2)15-10-11-6-5-8-13(18)17(11)21-15/h3-10,16,19H,1-2H3. The van der Waals surface area contributed by atoms with Crippen LogP contribution in [0.1, 0.15) is 17.4 Å². The van der Waals surface area contributed by atoms with Crippen molar-refractivity contribution in [2.45, 2.75) is 6.04 Å². The predicted molar refractivity (Wildman–Crippen MR) is 85.1 cm³/mol. The first-order chi connectivity index (χ1) is 10.2. The zero-order chi connectivity index (χ0) is 14.8. The van der Waals surface area contributed by atoms with E-state index in [1.165, 1.54) is 0 Å². The fraction of sp³-hybridized carbons (Fsp3) is 0.176. The smallest absolute Gasteiger partial charge is 0.152 e. The quantitative estimate of drug-likeness (QED) is 0.775. The third-order valence-electron chi connectivity index (χ3n) is 3.54. The van der Waals surface area contributed by atoms with Crippen LogP contribution >= 0.6 is 11.6 Å². The van der Waals surface area contributed by atoms with Crippen molar-refractivity contribution in [2.75, 3.05) is 14.2 Å². The van der Waals surface area contributed by atoms with Crippen molar-refractivity contribution in [3.63, 3.8) is 0 Å². The Hall–Kier alpha value is -1.97. The van der Waals surface area contributed by atoms with Gasteiger partial charge in [0.05, 0.1) is 18.2 Å². The summed E-state index contributed by atoms with van der Waals surface area (Å²) in [5, 5.41) is 4.89. The predicted octanol–water partition coefficient (Wildman–Crippen LogP) is 4.40. The lowest BCUT2D eigenvalue weighted by Gasteiger charge is -2.17. The van der Waals surface area contributed by atoms with Crippen LogP contribution in [0, 0.1) is 0 Å². The Balaban J connectivity index is 2.12. The van der Waals surface area contributed by atoms with Gasteiger partial charge in [-0.3, -0.25) is 0 Å². The summed E-state index contributed by atoms with van der Waals surface area (Å²) in [5.41, 5.74) is 1.74. The van der Waals surface area contributed by atoms with Crippen molar-refractivity contribution in [3.05, 3.63) is 64.9 Å². The fourth-order valence-corrected chi connectivity index (χ4v) is 2.77. The van der Waals surface area contributed by atoms with Crippen LogP contribution in [0.15, 0.2) is 52.9 Å². The van der Waals surface area contributed by atoms with E-state index in [-0.39, 0.29) is 6.04 Å². The van der Waals surface area contributed by atoms with Crippen molar-refractivity contribution in [1.82, 2.24) is 5.32 Å². The number of para-hydroxylation sites is 2. The molecule has 4 heteroatoms. The molecule has 3 aromatic rings. The zero-order valence-electron chi connectivity index (χ0n) is 11.9. The third kappa shape index (κ3) is 2.50. The number of rotatable bonds is 4. The van der Waals surface area contributed by atoms with Gasteiger partial charge in [0.2, 0.25) is 0 Å². The van der Waals surface area contributed by atoms with E-state index in [0.717, 1.165) is 22.5 Å². The largest absolute Gasteiger partial charge is 0.496 e. The highest BCUT2D eigenvalue weighted by Gasteiger charge is 2.20. The first-order valence-corrected chi connectivity index (χ1v) is 7.10. The monoisotopic (exact) mass is 301 g/mol. The number of hydrogen-bond donors (Lipinski definition) is 1. The topological polar surface area (TPSA) is 34.4 Å². The highest BCUT2D eigenvalue weighted by molar-refractivity contribution is 6.34. The minimum Gasteiger partial charge on any atom is -0.496 e. The summed E-state index contributed by atoms with van der Waals surface area (Å²) < 4.78 is 11.4. The number of furan rings is 1. The molecular formula is C17H16ClNO2. The summed E-state index contributed by atoms with van der Waals surface area (Å²) in [6.45, 7) is 0. The van der Waals surface area contributed by atoms with Crippen molar-refractivity contribution >= 4 is 22.6 Å². The van der Waals surface area contributed by atoms with E-state index in [0.29, 0.717) is 10.6 Å². The van der Waals surface area contributed by atoms with Gasteiger partial charge in [0.15, 0.2) is 5.58 Å². The summed E-state index contributed by atoms with van der Waals surface area (Å²) in [6.07, 6.45) is 0. The molecule has 0 aliphatic heterocycles. The first-order valence-electron chi connectivity index (χ1n) is 6.72. The van der Waals surface area contributed by atoms with E-state index in [4.69, 9.17) is 20.8 Å². The summed E-state index contributed by atoms with van der Waals surface area (Å²) in [5.74, 6) is 1.63. The van der Waals surface area contributed by atoms with Crippen LogP contribution in [0.4, 0.5) is 0 Å². The Bertz CT molecular complexity index is 766. The molecule has 1 N–H and O–H groups in total. The lowest BCUT2D eigenvalue weighted by Crippen LogP contribution is -2.17. The van der Waals surface area contributed by atoms with Crippen LogP contribution in [0.5, 0.6) is 5.75 Å². The minimum atomic E-state index is -0.0929. The zero-order valence-corrected chi connectivity index (χ0v) is 12.6. The van der Waals surface area contributed by atoms with E-state index in [2.05, 4.69) is 5.32 Å². The molecule has 0 radical (unpaired) electrons. The second-order valence-corrected chi connectivity index (χ2v) is 5.18. The van der Waals surface area contributed by atoms with Gasteiger partial charge < -0.3 is 14.5 Å². The molecule has 0 aliphatic rings. The fourth-order valence-electron chi connectivity index (χ4n) is 2.55. The van der Waals surface area contributed by atoms with Gasteiger partial charge >= 0.3 is 0 Å². The van der Waals surface area contributed by atoms with E-state index < -0.39 is 0 Å². The highest BCUT2D eigenvalue weighted by atomic mass is 35.5. The molecule has 1 heterocycles. The van der Waals surface area contributed by atoms with E-state index in [1.54, 1.807) is 7.11 Å². The maximum absolute atomic E-state index is 6.18. The molecule has 1 unspecified atom stereocenters. The highest BCUT2D eigenvalue weighted by Crippen LogP contribution is 2.34. The van der Waals surface area contributed by atoms with Crippen molar-refractivity contribution in [3.8, 4) is 5.75 Å². The van der Waals surface area contributed by atoms with Gasteiger partial charge in [-0.2, -0.15) is 0 Å². The second-order valence-electron chi connectivity index (χ2n) is 4.77. The molecule has 0 amide bonds. The number of nitrogens with one attached hydrogen (secondary N) is 1. The first kappa shape index (κ1) is 14.0. The molecule has 1 aromatic heterocycles. The summed E-state index contributed by atoms with van der Waals surface area (Å²) >= 11 is 6.18. The summed E-state index contributed by atoms with van der Waals surface area (Å²) in [4.78, 5) is 0. The molecule has 0 fully saturated rings. The number of benzene rings is 2. The van der Waals surface area contributed by atoms with Crippen molar-refractivity contribution in [1.29, 1.82) is 0 Å². The molecule has 21 heavy (non-hydrogen) atoms. The molecule has 0 saturated heterocycles. The minimum absolute atomic E-state index is 0.0929. The maximum Gasteiger partial charge on any atom is 0.152 e. The van der Waals surface area contributed by atoms with Crippen molar-refractivity contribution < 1.29 is 9.15 Å². The second kappa shape index (κ2) is 5.80. The third-order valence-corrected chi connectivity index (χ3v) is 3.84. The Labute approximate surface area is 128 Å². The van der Waals surface area contributed by atoms with Gasteiger partial charge in [0.1, 0.15) is 11.5 Å². The van der Waals surface area contributed by atoms with Crippen LogP contribution in [0.2, 0.25) is 5.02 Å². The lowest BCUT2D eigenvalue weighted by atomic mass is 10.0. The van der Waals surface area contributed by atoms with E-state index in [9.17, 15) is 0 Å². The summed E-state index contributed by atoms with van der Waals surface area (Å²) in [7, 11) is 3.56. The van der Waals surface area contributed by atoms with Crippen LogP contribution in [0.3, 0.4) is 0 Å². The van der Waals surface area contributed by atoms with Gasteiger partial charge in [-0.1, -0.05) is 41.9 Å². The number of fused-ring (bicyclic) bond motifs is 1. The number of methoxy groups -OCH3 is 1. The SMILES string of the molecule is CNC(c1cc2cccc(Cl)c2o1)c1ccccc1OC. The number of ether oxygens (including phenoxy) is 1. The average molecular weight is 302 g/mol. The molecule has 2 aromatic carbocycles. The molecule has 0 spiro atoms. The Kier molecular flexibility index (Phi) is 3.86. The Morgan fingerprint density at radius 2 is 1.95 bits per heavy atom. The van der Waals surface area contributed by atoms with Gasteiger partial charge in [-0.25, -0.2) is 0 Å². The van der Waals surface area contributed by atoms with Crippen LogP contribution in [0.25, 0.3) is 11.0 Å². The lowest BCUT2D eigenvalue weighted by molar-refractivity contribution is 0.399. The molecule has 3 nitrogen and oxygen atoms in total. The number of halogens is 1. The molecule has 0 saturated carbocycles. The maximum atomic E-state index is 6.18. The van der Waals surface area contributed by atoms with Crippen LogP contribution in [-0.2, 0) is 0 Å². The van der Waals surface area contributed by atoms with Gasteiger partial charge in [-0.05, 0) is 25.2 Å². The molecule has 1 atom stereocenters. The number of hydrogen-bond acceptors (Lipinski definition) is 3. The van der Waals surface area contributed by atoms with E-state index in [1.807, 2.05) is 55.6 Å². The van der Waals surface area contributed by atoms with Gasteiger partial charge in [-0.15, -0.1) is 0 Å². The Morgan fingerprint density at radius 1 is 1.14 bits per heavy atom. The normalized spacial score (nSPS) is 12.5. The molecular weight excluding hydrogens is 286 g/mol. The Morgan fingerprint density at radius 3 is 2.67 bits per heavy atom. The average Bonchev–Trinajstić information content (AvgIpc) is 2.94. The molecule has 0 bridgehead atoms. The van der Waals surface area contributed by atoms with Gasteiger partial charge in [0, 0.05) is 10.9 Å². The van der Waals surface area contributed by atoms with Gasteiger partial charge in [0.25, 0.3) is 0 Å². The molecule has 3 rings (SSSR count).